The number of hydrogen-bond donors (Lipinski definition) is 1. The minimum absolute atomic E-state index is 0.0291. The Balaban J connectivity index is 1.34. The number of rotatable bonds is 4. The number of nitrogens with zero attached hydrogens (tertiary/aromatic N) is 5. The first-order valence-corrected chi connectivity index (χ1v) is 13.3. The average Bonchev–Trinajstić information content (AvgIpc) is 3.53. The molecule has 2 aromatic carbocycles. The largest absolute Gasteiger partial charge is 0.496 e. The van der Waals surface area contributed by atoms with Gasteiger partial charge in [-0.2, -0.15) is 5.10 Å². The number of likely N-dealkylation sites (tertiary alicyclic amines) is 1. The zero-order chi connectivity index (χ0) is 27.3. The highest BCUT2D eigenvalue weighted by atomic mass is 16.5. The van der Waals surface area contributed by atoms with Crippen molar-refractivity contribution in [1.29, 1.82) is 0 Å². The summed E-state index contributed by atoms with van der Waals surface area (Å²) in [5.41, 5.74) is 4.90. The number of hydrogen-bond acceptors (Lipinski definition) is 5. The Morgan fingerprint density at radius 3 is 2.49 bits per heavy atom. The van der Waals surface area contributed by atoms with E-state index >= 15 is 0 Å². The number of H-pyrrole nitrogens is 1. The molecule has 1 aliphatic heterocycles. The quantitative estimate of drug-likeness (QED) is 0.363. The molecule has 3 aromatic heterocycles. The molecule has 0 aliphatic carbocycles. The third-order valence-corrected chi connectivity index (χ3v) is 7.54. The van der Waals surface area contributed by atoms with E-state index in [1.165, 1.54) is 0 Å². The lowest BCUT2D eigenvalue weighted by Crippen LogP contribution is -2.40. The van der Waals surface area contributed by atoms with Crippen LogP contribution >= 0.6 is 0 Å². The maximum Gasteiger partial charge on any atom is 0.326 e. The lowest BCUT2D eigenvalue weighted by molar-refractivity contribution is 0.0689. The third-order valence-electron chi connectivity index (χ3n) is 7.54. The zero-order valence-electron chi connectivity index (χ0n) is 22.6. The molecule has 0 atom stereocenters. The number of methoxy groups -OCH3 is 1. The third kappa shape index (κ3) is 4.37. The molecule has 1 fully saturated rings. The van der Waals surface area contributed by atoms with Gasteiger partial charge in [0, 0.05) is 36.2 Å². The monoisotopic (exact) mass is 524 g/mol. The fraction of sp³-hybridized carbons (Fsp3) is 0.333. The second-order valence-corrected chi connectivity index (χ2v) is 11.1. The van der Waals surface area contributed by atoms with E-state index in [0.717, 1.165) is 28.0 Å². The molecule has 0 bridgehead atoms. The van der Waals surface area contributed by atoms with Crippen LogP contribution in [0, 0.1) is 0 Å². The number of piperidine rings is 1. The Hall–Kier alpha value is -4.40. The molecule has 4 heterocycles. The van der Waals surface area contributed by atoms with Crippen LogP contribution in [0.25, 0.3) is 27.9 Å². The van der Waals surface area contributed by atoms with E-state index in [9.17, 15) is 9.59 Å². The van der Waals surface area contributed by atoms with E-state index in [1.54, 1.807) is 11.6 Å². The molecule has 9 nitrogen and oxygen atoms in total. The highest BCUT2D eigenvalue weighted by Gasteiger charge is 2.29. The Labute approximate surface area is 226 Å². The van der Waals surface area contributed by atoms with Crippen LogP contribution in [0.2, 0.25) is 0 Å². The number of ether oxygens (including phenoxy) is 1. The molecule has 200 valence electrons. The number of benzene rings is 2. The molecule has 39 heavy (non-hydrogen) atoms. The normalized spacial score (nSPS) is 14.8. The van der Waals surface area contributed by atoms with Gasteiger partial charge in [0.05, 0.1) is 29.5 Å². The summed E-state index contributed by atoms with van der Waals surface area (Å²) in [6.07, 6.45) is 1.38. The van der Waals surface area contributed by atoms with E-state index in [4.69, 9.17) is 14.8 Å². The number of carbonyl (C=O) groups excluding carboxylic acids is 1. The number of aromatic amines is 1. The molecule has 0 spiro atoms. The van der Waals surface area contributed by atoms with Crippen LogP contribution in [0.5, 0.6) is 5.75 Å². The molecule has 1 amide bonds. The van der Waals surface area contributed by atoms with Gasteiger partial charge in [0.25, 0.3) is 5.91 Å². The van der Waals surface area contributed by atoms with Gasteiger partial charge in [-0.3, -0.25) is 9.36 Å². The van der Waals surface area contributed by atoms with E-state index in [2.05, 4.69) is 25.8 Å². The molecule has 0 radical (unpaired) electrons. The second-order valence-electron chi connectivity index (χ2n) is 11.1. The minimum Gasteiger partial charge on any atom is -0.496 e. The molecule has 0 saturated carbocycles. The number of amides is 1. The van der Waals surface area contributed by atoms with Crippen LogP contribution in [0.15, 0.2) is 65.5 Å². The Morgan fingerprint density at radius 2 is 1.74 bits per heavy atom. The summed E-state index contributed by atoms with van der Waals surface area (Å²) in [4.78, 5) is 36.0. The fourth-order valence-electron chi connectivity index (χ4n) is 5.42. The van der Waals surface area contributed by atoms with Crippen molar-refractivity contribution in [3.05, 3.63) is 82.5 Å². The number of para-hydroxylation sites is 3. The topological polar surface area (TPSA) is 97.5 Å². The average molecular weight is 525 g/mol. The lowest BCUT2D eigenvalue weighted by Gasteiger charge is -2.32. The van der Waals surface area contributed by atoms with Gasteiger partial charge < -0.3 is 14.6 Å². The standard InChI is InChI=1S/C30H32N6O3/c1-30(2,3)26-18-27-31-22(17-24(36(27)33-26)20-9-5-8-12-25(20)39-4)28(37)34-15-13-19(14-16-34)35-23-11-7-6-10-21(23)32-29(35)38/h5-12,17-19H,13-16H2,1-4H3,(H,32,38). The summed E-state index contributed by atoms with van der Waals surface area (Å²) in [7, 11) is 1.64. The number of carbonyl (C=O) groups is 1. The van der Waals surface area contributed by atoms with Gasteiger partial charge in [-0.1, -0.05) is 45.0 Å². The van der Waals surface area contributed by atoms with Gasteiger partial charge >= 0.3 is 5.69 Å². The zero-order valence-corrected chi connectivity index (χ0v) is 22.6. The summed E-state index contributed by atoms with van der Waals surface area (Å²) >= 11 is 0. The smallest absolute Gasteiger partial charge is 0.326 e. The van der Waals surface area contributed by atoms with Gasteiger partial charge in [-0.15, -0.1) is 0 Å². The molecule has 9 heteroatoms. The van der Waals surface area contributed by atoms with Crippen molar-refractivity contribution in [2.24, 2.45) is 0 Å². The predicted molar refractivity (Wildman–Crippen MR) is 150 cm³/mol. The summed E-state index contributed by atoms with van der Waals surface area (Å²) in [6, 6.07) is 19.2. The molecular weight excluding hydrogens is 492 g/mol. The van der Waals surface area contributed by atoms with E-state index in [-0.39, 0.29) is 23.1 Å². The van der Waals surface area contributed by atoms with Crippen LogP contribution in [0.3, 0.4) is 0 Å². The molecule has 0 unspecified atom stereocenters. The van der Waals surface area contributed by atoms with E-state index in [1.807, 2.05) is 70.1 Å². The Bertz CT molecular complexity index is 1750. The fourth-order valence-corrected chi connectivity index (χ4v) is 5.42. The van der Waals surface area contributed by atoms with Crippen LogP contribution in [0.1, 0.15) is 55.8 Å². The molecule has 5 aromatic rings. The van der Waals surface area contributed by atoms with Crippen molar-refractivity contribution in [2.45, 2.75) is 45.1 Å². The van der Waals surface area contributed by atoms with Gasteiger partial charge in [-0.25, -0.2) is 14.3 Å². The van der Waals surface area contributed by atoms with Crippen molar-refractivity contribution < 1.29 is 9.53 Å². The summed E-state index contributed by atoms with van der Waals surface area (Å²) in [5, 5.41) is 4.86. The first-order chi connectivity index (χ1) is 18.7. The Morgan fingerprint density at radius 1 is 1.03 bits per heavy atom. The van der Waals surface area contributed by atoms with Crippen molar-refractivity contribution >= 4 is 22.6 Å². The highest BCUT2D eigenvalue weighted by Crippen LogP contribution is 2.33. The van der Waals surface area contributed by atoms with E-state index < -0.39 is 0 Å². The predicted octanol–water partition coefficient (Wildman–Crippen LogP) is 4.82. The number of fused-ring (bicyclic) bond motifs is 2. The number of aromatic nitrogens is 5. The first-order valence-electron chi connectivity index (χ1n) is 13.3. The SMILES string of the molecule is COc1ccccc1-c1cc(C(=O)N2CCC(n3c(=O)[nH]c4ccccc43)CC2)nc2cc(C(C)(C)C)nn12. The van der Waals surface area contributed by atoms with Crippen LogP contribution < -0.4 is 10.4 Å². The van der Waals surface area contributed by atoms with Crippen molar-refractivity contribution in [3.8, 4) is 17.0 Å². The first kappa shape index (κ1) is 24.9. The maximum absolute atomic E-state index is 13.8. The van der Waals surface area contributed by atoms with Crippen LogP contribution in [-0.4, -0.2) is 55.2 Å². The summed E-state index contributed by atoms with van der Waals surface area (Å²) in [5.74, 6) is 0.568. The molecule has 6 rings (SSSR count). The summed E-state index contributed by atoms with van der Waals surface area (Å²) < 4.78 is 9.27. The van der Waals surface area contributed by atoms with Crippen LogP contribution in [-0.2, 0) is 5.41 Å². The molecular formula is C30H32N6O3. The Kier molecular flexibility index (Phi) is 6.01. The van der Waals surface area contributed by atoms with Gasteiger partial charge in [0.1, 0.15) is 11.4 Å². The second kappa shape index (κ2) is 9.41. The van der Waals surface area contributed by atoms with E-state index in [0.29, 0.717) is 43.0 Å². The summed E-state index contributed by atoms with van der Waals surface area (Å²) in [6.45, 7) is 7.39. The van der Waals surface area contributed by atoms with Gasteiger partial charge in [0.2, 0.25) is 0 Å². The lowest BCUT2D eigenvalue weighted by atomic mass is 9.93. The van der Waals surface area contributed by atoms with Gasteiger partial charge in [0.15, 0.2) is 5.65 Å². The molecule has 1 aliphatic rings. The molecule has 1 N–H and O–H groups in total. The number of nitrogens with one attached hydrogen (secondary N) is 1. The minimum atomic E-state index is -0.182. The highest BCUT2D eigenvalue weighted by molar-refractivity contribution is 5.94. The maximum atomic E-state index is 13.8. The van der Waals surface area contributed by atoms with Crippen molar-refractivity contribution in [2.75, 3.05) is 20.2 Å². The van der Waals surface area contributed by atoms with Gasteiger partial charge in [-0.05, 0) is 43.2 Å². The molecule has 1 saturated heterocycles. The van der Waals surface area contributed by atoms with Crippen LogP contribution in [0.4, 0.5) is 0 Å². The van der Waals surface area contributed by atoms with Crippen molar-refractivity contribution in [3.63, 3.8) is 0 Å². The van der Waals surface area contributed by atoms with Crippen molar-refractivity contribution in [1.82, 2.24) is 29.0 Å². The number of imidazole rings is 1.